The summed E-state index contributed by atoms with van der Waals surface area (Å²) in [5.74, 6) is 0.868. The van der Waals surface area contributed by atoms with E-state index >= 15 is 0 Å². The van der Waals surface area contributed by atoms with Crippen molar-refractivity contribution in [3.8, 4) is 5.75 Å². The third-order valence-corrected chi connectivity index (χ3v) is 2.36. The summed E-state index contributed by atoms with van der Waals surface area (Å²) in [6.45, 7) is 5.40. The molecule has 1 heterocycles. The lowest BCUT2D eigenvalue weighted by Gasteiger charge is -2.11. The van der Waals surface area contributed by atoms with Gasteiger partial charge < -0.3 is 14.8 Å². The molecule has 0 spiro atoms. The van der Waals surface area contributed by atoms with Gasteiger partial charge in [-0.1, -0.05) is 6.92 Å². The first-order valence-electron chi connectivity index (χ1n) is 6.13. The molecule has 0 amide bonds. The minimum Gasteiger partial charge on any atom is -0.492 e. The lowest BCUT2D eigenvalue weighted by molar-refractivity contribution is 0.171. The van der Waals surface area contributed by atoms with Gasteiger partial charge in [-0.15, -0.1) is 0 Å². The zero-order valence-corrected chi connectivity index (χ0v) is 10.7. The Bertz CT molecular complexity index is 305. The maximum atomic E-state index is 5.69. The molecule has 0 aromatic carbocycles. The highest BCUT2D eigenvalue weighted by atomic mass is 16.5. The van der Waals surface area contributed by atoms with Crippen LogP contribution in [-0.2, 0) is 11.3 Å². The van der Waals surface area contributed by atoms with Crippen molar-refractivity contribution in [2.45, 2.75) is 26.3 Å². The third kappa shape index (κ3) is 5.65. The van der Waals surface area contributed by atoms with Gasteiger partial charge in [0.2, 0.25) is 0 Å². The van der Waals surface area contributed by atoms with Crippen LogP contribution in [0.4, 0.5) is 0 Å². The van der Waals surface area contributed by atoms with Crippen molar-refractivity contribution in [1.29, 1.82) is 0 Å². The summed E-state index contributed by atoms with van der Waals surface area (Å²) >= 11 is 0. The van der Waals surface area contributed by atoms with Crippen molar-refractivity contribution in [1.82, 2.24) is 10.3 Å². The van der Waals surface area contributed by atoms with Gasteiger partial charge in [0.05, 0.1) is 12.8 Å². The van der Waals surface area contributed by atoms with Crippen LogP contribution < -0.4 is 10.1 Å². The molecule has 0 unspecified atom stereocenters. The van der Waals surface area contributed by atoms with E-state index in [1.165, 1.54) is 0 Å². The fraction of sp³-hybridized carbons (Fsp3) is 0.615. The van der Waals surface area contributed by atoms with Crippen LogP contribution >= 0.6 is 0 Å². The molecule has 4 nitrogen and oxygen atoms in total. The van der Waals surface area contributed by atoms with E-state index in [1.54, 1.807) is 19.5 Å². The van der Waals surface area contributed by atoms with Crippen molar-refractivity contribution in [2.75, 3.05) is 26.9 Å². The highest BCUT2D eigenvalue weighted by molar-refractivity contribution is 5.29. The van der Waals surface area contributed by atoms with E-state index in [0.29, 0.717) is 6.61 Å². The van der Waals surface area contributed by atoms with Crippen molar-refractivity contribution >= 4 is 0 Å². The fourth-order valence-corrected chi connectivity index (χ4v) is 1.47. The number of hydrogen-bond acceptors (Lipinski definition) is 4. The molecule has 0 aliphatic heterocycles. The molecular weight excluding hydrogens is 216 g/mol. The maximum absolute atomic E-state index is 5.69. The number of methoxy groups -OCH3 is 1. The highest BCUT2D eigenvalue weighted by Gasteiger charge is 2.02. The number of aromatic nitrogens is 1. The summed E-state index contributed by atoms with van der Waals surface area (Å²) in [7, 11) is 1.70. The molecule has 1 aromatic heterocycles. The Balaban J connectivity index is 2.40. The molecule has 0 aliphatic rings. The minimum atomic E-state index is 0.667. The number of hydrogen-bond donors (Lipinski definition) is 1. The zero-order valence-electron chi connectivity index (χ0n) is 10.7. The smallest absolute Gasteiger partial charge is 0.142 e. The highest BCUT2D eigenvalue weighted by Crippen LogP contribution is 2.16. The quantitative estimate of drug-likeness (QED) is 0.668. The van der Waals surface area contributed by atoms with E-state index in [9.17, 15) is 0 Å². The lowest BCUT2D eigenvalue weighted by Crippen LogP contribution is -2.15. The number of rotatable bonds is 9. The normalized spacial score (nSPS) is 10.5. The molecule has 1 rings (SSSR count). The van der Waals surface area contributed by atoms with Gasteiger partial charge in [0.25, 0.3) is 0 Å². The first kappa shape index (κ1) is 13.9. The Kier molecular flexibility index (Phi) is 7.34. The third-order valence-electron chi connectivity index (χ3n) is 2.36. The zero-order chi connectivity index (χ0) is 12.3. The van der Waals surface area contributed by atoms with Gasteiger partial charge in [-0.2, -0.15) is 0 Å². The van der Waals surface area contributed by atoms with Crippen molar-refractivity contribution in [3.63, 3.8) is 0 Å². The van der Waals surface area contributed by atoms with Gasteiger partial charge in [-0.25, -0.2) is 0 Å². The van der Waals surface area contributed by atoms with E-state index in [4.69, 9.17) is 9.47 Å². The largest absolute Gasteiger partial charge is 0.492 e. The van der Waals surface area contributed by atoms with Gasteiger partial charge in [0.15, 0.2) is 0 Å². The van der Waals surface area contributed by atoms with E-state index in [1.807, 2.05) is 6.07 Å². The van der Waals surface area contributed by atoms with Crippen LogP contribution in [-0.4, -0.2) is 31.9 Å². The van der Waals surface area contributed by atoms with Gasteiger partial charge in [-0.05, 0) is 19.0 Å². The molecule has 0 radical (unpaired) electrons. The average molecular weight is 238 g/mol. The second kappa shape index (κ2) is 8.96. The van der Waals surface area contributed by atoms with Crippen LogP contribution in [0.2, 0.25) is 0 Å². The first-order valence-corrected chi connectivity index (χ1v) is 6.13. The number of pyridine rings is 1. The summed E-state index contributed by atoms with van der Waals surface area (Å²) in [4.78, 5) is 4.09. The van der Waals surface area contributed by atoms with Crippen molar-refractivity contribution in [2.24, 2.45) is 0 Å². The second-order valence-corrected chi connectivity index (χ2v) is 3.85. The Hall–Kier alpha value is -1.13. The second-order valence-electron chi connectivity index (χ2n) is 3.85. The predicted octanol–water partition coefficient (Wildman–Crippen LogP) is 2.00. The molecule has 1 aromatic rings. The number of nitrogens with zero attached hydrogens (tertiary/aromatic N) is 1. The van der Waals surface area contributed by atoms with Crippen LogP contribution in [0.1, 0.15) is 25.3 Å². The molecule has 0 aliphatic carbocycles. The molecule has 17 heavy (non-hydrogen) atoms. The summed E-state index contributed by atoms with van der Waals surface area (Å²) in [5, 5.41) is 3.36. The Morgan fingerprint density at radius 2 is 2.24 bits per heavy atom. The van der Waals surface area contributed by atoms with Crippen LogP contribution in [0.3, 0.4) is 0 Å². The Morgan fingerprint density at radius 3 is 3.00 bits per heavy atom. The van der Waals surface area contributed by atoms with E-state index < -0.39 is 0 Å². The maximum Gasteiger partial charge on any atom is 0.142 e. The van der Waals surface area contributed by atoms with Crippen LogP contribution in [0.15, 0.2) is 18.5 Å². The van der Waals surface area contributed by atoms with Gasteiger partial charge in [0, 0.05) is 38.4 Å². The average Bonchev–Trinajstić information content (AvgIpc) is 2.36. The molecule has 1 N–H and O–H groups in total. The molecule has 0 fully saturated rings. The topological polar surface area (TPSA) is 43.4 Å². The summed E-state index contributed by atoms with van der Waals surface area (Å²) in [5.41, 5.74) is 1.16. The predicted molar refractivity (Wildman–Crippen MR) is 68.2 cm³/mol. The standard InChI is InChI=1S/C13H22N2O2/c1-3-6-14-10-12-5-7-15-11-13(12)17-9-4-8-16-2/h5,7,11,14H,3-4,6,8-10H2,1-2H3. The number of ether oxygens (including phenoxy) is 2. The molecule has 0 saturated carbocycles. The van der Waals surface area contributed by atoms with Crippen molar-refractivity contribution in [3.05, 3.63) is 24.0 Å². The van der Waals surface area contributed by atoms with Gasteiger partial charge in [0.1, 0.15) is 5.75 Å². The Labute approximate surface area is 103 Å². The summed E-state index contributed by atoms with van der Waals surface area (Å²) in [6.07, 6.45) is 5.60. The first-order chi connectivity index (χ1) is 8.38. The molecule has 96 valence electrons. The van der Waals surface area contributed by atoms with Crippen LogP contribution in [0.25, 0.3) is 0 Å². The molecule has 4 heteroatoms. The fourth-order valence-electron chi connectivity index (χ4n) is 1.47. The minimum absolute atomic E-state index is 0.667. The summed E-state index contributed by atoms with van der Waals surface area (Å²) in [6, 6.07) is 1.99. The molecular formula is C13H22N2O2. The van der Waals surface area contributed by atoms with Gasteiger partial charge >= 0.3 is 0 Å². The van der Waals surface area contributed by atoms with Crippen LogP contribution in [0.5, 0.6) is 5.75 Å². The van der Waals surface area contributed by atoms with Crippen LogP contribution in [0, 0.1) is 0 Å². The monoisotopic (exact) mass is 238 g/mol. The van der Waals surface area contributed by atoms with Crippen molar-refractivity contribution < 1.29 is 9.47 Å². The van der Waals surface area contributed by atoms with E-state index in [2.05, 4.69) is 17.2 Å². The summed E-state index contributed by atoms with van der Waals surface area (Å²) < 4.78 is 10.7. The van der Waals surface area contributed by atoms with E-state index in [0.717, 1.165) is 43.9 Å². The van der Waals surface area contributed by atoms with E-state index in [-0.39, 0.29) is 0 Å². The lowest BCUT2D eigenvalue weighted by atomic mass is 10.2. The SMILES string of the molecule is CCCNCc1ccncc1OCCCOC. The molecule has 0 bridgehead atoms. The number of nitrogens with one attached hydrogen (secondary N) is 1. The van der Waals surface area contributed by atoms with Gasteiger partial charge in [-0.3, -0.25) is 4.98 Å². The Morgan fingerprint density at radius 1 is 1.35 bits per heavy atom. The molecule has 0 saturated heterocycles. The molecule has 0 atom stereocenters.